The molecule has 0 spiro atoms. The Morgan fingerprint density at radius 2 is 1.88 bits per heavy atom. The molecule has 0 bridgehead atoms. The molecule has 0 aromatic heterocycles. The molecule has 3 nitrogen and oxygen atoms in total. The predicted octanol–water partition coefficient (Wildman–Crippen LogP) is 1.47. The third-order valence-corrected chi connectivity index (χ3v) is 3.32. The molecular formula is C13H28N2O. The first-order valence-electron chi connectivity index (χ1n) is 6.47. The highest BCUT2D eigenvalue weighted by Crippen LogP contribution is 2.20. The molecule has 0 radical (unpaired) electrons. The maximum absolute atomic E-state index is 9.87. The van der Waals surface area contributed by atoms with Crippen molar-refractivity contribution in [2.45, 2.75) is 51.7 Å². The van der Waals surface area contributed by atoms with Crippen molar-refractivity contribution in [1.29, 1.82) is 0 Å². The van der Waals surface area contributed by atoms with Crippen LogP contribution in [0.5, 0.6) is 0 Å². The number of nitrogens with one attached hydrogen (secondary N) is 1. The van der Waals surface area contributed by atoms with Gasteiger partial charge in [-0.15, -0.1) is 0 Å². The van der Waals surface area contributed by atoms with E-state index in [-0.39, 0.29) is 11.5 Å². The fourth-order valence-corrected chi connectivity index (χ4v) is 2.67. The number of aliphatic hydroxyl groups is 1. The summed E-state index contributed by atoms with van der Waals surface area (Å²) in [5, 5.41) is 13.4. The Morgan fingerprint density at radius 3 is 2.44 bits per heavy atom. The van der Waals surface area contributed by atoms with E-state index in [2.05, 4.69) is 38.2 Å². The van der Waals surface area contributed by atoms with Crippen molar-refractivity contribution in [3.63, 3.8) is 0 Å². The van der Waals surface area contributed by atoms with Crippen LogP contribution in [0.3, 0.4) is 0 Å². The molecule has 0 amide bonds. The van der Waals surface area contributed by atoms with Gasteiger partial charge in [0.2, 0.25) is 0 Å². The van der Waals surface area contributed by atoms with E-state index in [0.717, 1.165) is 25.9 Å². The number of hydrogen-bond acceptors (Lipinski definition) is 3. The normalized spacial score (nSPS) is 27.4. The standard InChI is InChI=1S/C13H28N2O/c1-13(2,10-15(3)4)9-14-11-7-5-6-8-12(11)16/h11-12,14,16H,5-10H2,1-4H3/t11-,12-/m1/s1. The number of aliphatic hydroxyl groups excluding tert-OH is 1. The molecule has 0 heterocycles. The smallest absolute Gasteiger partial charge is 0.0693 e. The number of rotatable bonds is 5. The van der Waals surface area contributed by atoms with Gasteiger partial charge in [0.25, 0.3) is 0 Å². The highest BCUT2D eigenvalue weighted by Gasteiger charge is 2.25. The summed E-state index contributed by atoms with van der Waals surface area (Å²) in [5.41, 5.74) is 0.265. The Morgan fingerprint density at radius 1 is 1.25 bits per heavy atom. The van der Waals surface area contributed by atoms with Crippen LogP contribution in [-0.2, 0) is 0 Å². The minimum absolute atomic E-state index is 0.135. The van der Waals surface area contributed by atoms with Gasteiger partial charge in [0, 0.05) is 19.1 Å². The van der Waals surface area contributed by atoms with Gasteiger partial charge >= 0.3 is 0 Å². The van der Waals surface area contributed by atoms with Crippen molar-refractivity contribution in [3.05, 3.63) is 0 Å². The maximum Gasteiger partial charge on any atom is 0.0693 e. The lowest BCUT2D eigenvalue weighted by Crippen LogP contribution is -2.47. The number of hydrogen-bond donors (Lipinski definition) is 2. The highest BCUT2D eigenvalue weighted by atomic mass is 16.3. The minimum Gasteiger partial charge on any atom is -0.392 e. The molecule has 1 rings (SSSR count). The van der Waals surface area contributed by atoms with Crippen molar-refractivity contribution < 1.29 is 5.11 Å². The Hall–Kier alpha value is -0.120. The van der Waals surface area contributed by atoms with Crippen LogP contribution in [0.15, 0.2) is 0 Å². The Balaban J connectivity index is 2.31. The quantitative estimate of drug-likeness (QED) is 0.748. The summed E-state index contributed by atoms with van der Waals surface area (Å²) in [7, 11) is 4.22. The molecule has 1 aliphatic rings. The molecule has 1 aliphatic carbocycles. The third kappa shape index (κ3) is 4.81. The zero-order valence-electron chi connectivity index (χ0n) is 11.3. The van der Waals surface area contributed by atoms with E-state index in [1.165, 1.54) is 12.8 Å². The van der Waals surface area contributed by atoms with E-state index in [0.29, 0.717) is 6.04 Å². The van der Waals surface area contributed by atoms with E-state index in [1.807, 2.05) is 0 Å². The molecular weight excluding hydrogens is 200 g/mol. The molecule has 3 heteroatoms. The van der Waals surface area contributed by atoms with Crippen molar-refractivity contribution in [1.82, 2.24) is 10.2 Å². The SMILES string of the molecule is CN(C)CC(C)(C)CN[C@@H]1CCCC[C@H]1O. The topological polar surface area (TPSA) is 35.5 Å². The first-order valence-corrected chi connectivity index (χ1v) is 6.47. The van der Waals surface area contributed by atoms with E-state index in [9.17, 15) is 5.11 Å². The molecule has 2 atom stereocenters. The average molecular weight is 228 g/mol. The summed E-state index contributed by atoms with van der Waals surface area (Å²) in [6.07, 6.45) is 4.39. The molecule has 2 N–H and O–H groups in total. The Kier molecular flexibility index (Phi) is 5.22. The zero-order valence-corrected chi connectivity index (χ0v) is 11.3. The van der Waals surface area contributed by atoms with Gasteiger partial charge in [0.1, 0.15) is 0 Å². The molecule has 0 aromatic rings. The van der Waals surface area contributed by atoms with E-state index in [4.69, 9.17) is 0 Å². The van der Waals surface area contributed by atoms with Gasteiger partial charge in [0.15, 0.2) is 0 Å². The molecule has 1 fully saturated rings. The summed E-state index contributed by atoms with van der Waals surface area (Å²) in [6, 6.07) is 0.315. The summed E-state index contributed by atoms with van der Waals surface area (Å²) in [4.78, 5) is 2.22. The van der Waals surface area contributed by atoms with Crippen LogP contribution in [0.4, 0.5) is 0 Å². The molecule has 1 saturated carbocycles. The predicted molar refractivity (Wildman–Crippen MR) is 68.6 cm³/mol. The lowest BCUT2D eigenvalue weighted by molar-refractivity contribution is 0.0831. The minimum atomic E-state index is -0.135. The fourth-order valence-electron chi connectivity index (χ4n) is 2.67. The van der Waals surface area contributed by atoms with Crippen LogP contribution >= 0.6 is 0 Å². The molecule has 0 aliphatic heterocycles. The average Bonchev–Trinajstić information content (AvgIpc) is 2.14. The Labute approximate surface area is 100 Å². The zero-order chi connectivity index (χ0) is 12.2. The van der Waals surface area contributed by atoms with Crippen LogP contribution in [0.25, 0.3) is 0 Å². The van der Waals surface area contributed by atoms with Crippen LogP contribution in [0.2, 0.25) is 0 Å². The van der Waals surface area contributed by atoms with E-state index >= 15 is 0 Å². The summed E-state index contributed by atoms with van der Waals surface area (Å²) >= 11 is 0. The molecule has 0 unspecified atom stereocenters. The van der Waals surface area contributed by atoms with Crippen LogP contribution in [0, 0.1) is 5.41 Å². The highest BCUT2D eigenvalue weighted by molar-refractivity contribution is 4.83. The molecule has 16 heavy (non-hydrogen) atoms. The van der Waals surface area contributed by atoms with Crippen molar-refractivity contribution >= 4 is 0 Å². The first-order chi connectivity index (χ1) is 7.41. The summed E-state index contributed by atoms with van der Waals surface area (Å²) in [6.45, 7) is 6.60. The first kappa shape index (κ1) is 13.9. The maximum atomic E-state index is 9.87. The van der Waals surface area contributed by atoms with Gasteiger partial charge in [-0.05, 0) is 32.4 Å². The van der Waals surface area contributed by atoms with Crippen molar-refractivity contribution in [3.8, 4) is 0 Å². The lowest BCUT2D eigenvalue weighted by Gasteiger charge is -2.34. The van der Waals surface area contributed by atoms with Gasteiger partial charge in [-0.1, -0.05) is 26.7 Å². The van der Waals surface area contributed by atoms with Gasteiger partial charge < -0.3 is 15.3 Å². The largest absolute Gasteiger partial charge is 0.392 e. The fraction of sp³-hybridized carbons (Fsp3) is 1.00. The second-order valence-electron chi connectivity index (χ2n) is 6.24. The monoisotopic (exact) mass is 228 g/mol. The van der Waals surface area contributed by atoms with Gasteiger partial charge in [-0.3, -0.25) is 0 Å². The third-order valence-electron chi connectivity index (χ3n) is 3.32. The Bertz CT molecular complexity index is 204. The second kappa shape index (κ2) is 5.99. The second-order valence-corrected chi connectivity index (χ2v) is 6.24. The van der Waals surface area contributed by atoms with E-state index in [1.54, 1.807) is 0 Å². The number of nitrogens with zero attached hydrogens (tertiary/aromatic N) is 1. The lowest BCUT2D eigenvalue weighted by atomic mass is 9.89. The van der Waals surface area contributed by atoms with Crippen LogP contribution in [-0.4, -0.2) is 49.3 Å². The summed E-state index contributed by atoms with van der Waals surface area (Å²) in [5.74, 6) is 0. The summed E-state index contributed by atoms with van der Waals surface area (Å²) < 4.78 is 0. The van der Waals surface area contributed by atoms with E-state index < -0.39 is 0 Å². The van der Waals surface area contributed by atoms with Gasteiger partial charge in [-0.2, -0.15) is 0 Å². The van der Waals surface area contributed by atoms with Gasteiger partial charge in [0.05, 0.1) is 6.10 Å². The van der Waals surface area contributed by atoms with Crippen LogP contribution in [0.1, 0.15) is 39.5 Å². The molecule has 0 aromatic carbocycles. The van der Waals surface area contributed by atoms with Gasteiger partial charge in [-0.25, -0.2) is 0 Å². The van der Waals surface area contributed by atoms with Crippen molar-refractivity contribution in [2.24, 2.45) is 5.41 Å². The molecule has 96 valence electrons. The van der Waals surface area contributed by atoms with Crippen molar-refractivity contribution in [2.75, 3.05) is 27.2 Å². The van der Waals surface area contributed by atoms with Crippen LogP contribution < -0.4 is 5.32 Å². The molecule has 0 saturated heterocycles.